The molecule has 0 saturated carbocycles. The minimum Gasteiger partial charge on any atom is -0.381 e. The molecule has 28 heavy (non-hydrogen) atoms. The summed E-state index contributed by atoms with van der Waals surface area (Å²) in [6.45, 7) is 5.03. The van der Waals surface area contributed by atoms with E-state index in [2.05, 4.69) is 20.9 Å². The van der Waals surface area contributed by atoms with Gasteiger partial charge in [-0.3, -0.25) is 9.79 Å². The fraction of sp³-hybridized carbons (Fsp3) is 0.579. The Morgan fingerprint density at radius 2 is 1.93 bits per heavy atom. The van der Waals surface area contributed by atoms with E-state index in [1.54, 1.807) is 31.3 Å². The van der Waals surface area contributed by atoms with Crippen LogP contribution in [0.2, 0.25) is 5.02 Å². The standard InChI is InChI=1S/C19H29ClN4O3.HI/c1-21-19(23-8-2-11-26-13-15-7-12-27-14-15)24-10-9-22-18(25)16-3-5-17(20)6-4-16;/h3-6,15H,2,7-14H2,1H3,(H,22,25)(H2,21,23,24);1H. The van der Waals surface area contributed by atoms with E-state index in [9.17, 15) is 4.79 Å². The number of benzene rings is 1. The number of halogens is 2. The van der Waals surface area contributed by atoms with Gasteiger partial charge in [-0.2, -0.15) is 0 Å². The number of hydrogen-bond donors (Lipinski definition) is 3. The van der Waals surface area contributed by atoms with Gasteiger partial charge < -0.3 is 25.4 Å². The minimum atomic E-state index is -0.124. The lowest BCUT2D eigenvalue weighted by atomic mass is 10.1. The topological polar surface area (TPSA) is 84.0 Å². The maximum absolute atomic E-state index is 12.0. The van der Waals surface area contributed by atoms with Crippen molar-refractivity contribution in [1.29, 1.82) is 0 Å². The molecule has 1 unspecified atom stereocenters. The van der Waals surface area contributed by atoms with Gasteiger partial charge in [0.15, 0.2) is 5.96 Å². The molecule has 0 radical (unpaired) electrons. The normalized spacial score (nSPS) is 16.4. The summed E-state index contributed by atoms with van der Waals surface area (Å²) in [7, 11) is 1.72. The molecule has 7 nitrogen and oxygen atoms in total. The first-order valence-electron chi connectivity index (χ1n) is 9.33. The quantitative estimate of drug-likeness (QED) is 0.189. The first-order valence-corrected chi connectivity index (χ1v) is 9.70. The van der Waals surface area contributed by atoms with E-state index < -0.39 is 0 Å². The molecule has 1 aromatic rings. The minimum absolute atomic E-state index is 0. The molecule has 1 amide bonds. The third-order valence-electron chi connectivity index (χ3n) is 4.17. The molecule has 1 aliphatic heterocycles. The van der Waals surface area contributed by atoms with E-state index in [0.29, 0.717) is 35.6 Å². The van der Waals surface area contributed by atoms with Crippen molar-refractivity contribution in [3.8, 4) is 0 Å². The van der Waals surface area contributed by atoms with Crippen LogP contribution in [0.25, 0.3) is 0 Å². The summed E-state index contributed by atoms with van der Waals surface area (Å²) in [4.78, 5) is 16.2. The van der Waals surface area contributed by atoms with Crippen LogP contribution in [-0.4, -0.2) is 65.0 Å². The smallest absolute Gasteiger partial charge is 0.251 e. The molecule has 0 bridgehead atoms. The molecule has 2 rings (SSSR count). The lowest BCUT2D eigenvalue weighted by Gasteiger charge is -2.13. The second-order valence-corrected chi connectivity index (χ2v) is 6.78. The van der Waals surface area contributed by atoms with E-state index in [-0.39, 0.29) is 29.9 Å². The highest BCUT2D eigenvalue weighted by Crippen LogP contribution is 2.12. The number of nitrogens with zero attached hydrogens (tertiary/aromatic N) is 1. The van der Waals surface area contributed by atoms with Crippen molar-refractivity contribution >= 4 is 47.4 Å². The molecule has 158 valence electrons. The number of rotatable bonds is 10. The number of nitrogens with one attached hydrogen (secondary N) is 3. The van der Waals surface area contributed by atoms with E-state index in [1.165, 1.54) is 0 Å². The molecule has 3 N–H and O–H groups in total. The highest BCUT2D eigenvalue weighted by atomic mass is 127. The van der Waals surface area contributed by atoms with Gasteiger partial charge in [-0.1, -0.05) is 11.6 Å². The molecule has 0 aliphatic carbocycles. The number of guanidine groups is 1. The SMILES string of the molecule is CN=C(NCCCOCC1CCOC1)NCCNC(=O)c1ccc(Cl)cc1.I. The summed E-state index contributed by atoms with van der Waals surface area (Å²) in [5.74, 6) is 1.14. The van der Waals surface area contributed by atoms with Gasteiger partial charge in [0.1, 0.15) is 0 Å². The average molecular weight is 525 g/mol. The Balaban J connectivity index is 0.00000392. The van der Waals surface area contributed by atoms with Gasteiger partial charge in [-0.15, -0.1) is 24.0 Å². The predicted molar refractivity (Wildman–Crippen MR) is 123 cm³/mol. The summed E-state index contributed by atoms with van der Waals surface area (Å²) in [5.41, 5.74) is 0.589. The fourth-order valence-electron chi connectivity index (χ4n) is 2.63. The lowest BCUT2D eigenvalue weighted by molar-refractivity contribution is 0.0887. The zero-order chi connectivity index (χ0) is 19.3. The van der Waals surface area contributed by atoms with Gasteiger partial charge in [0.2, 0.25) is 0 Å². The number of carbonyl (C=O) groups is 1. The summed E-state index contributed by atoms with van der Waals surface area (Å²) in [6, 6.07) is 6.80. The first-order chi connectivity index (χ1) is 13.2. The molecule has 1 aromatic carbocycles. The Hall–Kier alpha value is -1.10. The van der Waals surface area contributed by atoms with Crippen LogP contribution < -0.4 is 16.0 Å². The Bertz CT molecular complexity index is 595. The fourth-order valence-corrected chi connectivity index (χ4v) is 2.75. The zero-order valence-electron chi connectivity index (χ0n) is 16.2. The number of hydrogen-bond acceptors (Lipinski definition) is 4. The van der Waals surface area contributed by atoms with Gasteiger partial charge in [0.05, 0.1) is 13.2 Å². The van der Waals surface area contributed by atoms with E-state index >= 15 is 0 Å². The van der Waals surface area contributed by atoms with Crippen molar-refractivity contribution in [2.75, 3.05) is 53.1 Å². The van der Waals surface area contributed by atoms with Gasteiger partial charge in [-0.25, -0.2) is 0 Å². The molecule has 9 heteroatoms. The Labute approximate surface area is 189 Å². The molecule has 1 aliphatic rings. The maximum Gasteiger partial charge on any atom is 0.251 e. The second kappa shape index (κ2) is 14.8. The molecule has 1 heterocycles. The summed E-state index contributed by atoms with van der Waals surface area (Å²) in [6.07, 6.45) is 2.00. The number of amides is 1. The number of ether oxygens (including phenoxy) is 2. The summed E-state index contributed by atoms with van der Waals surface area (Å²) >= 11 is 5.82. The van der Waals surface area contributed by atoms with E-state index in [1.807, 2.05) is 0 Å². The van der Waals surface area contributed by atoms with E-state index in [4.69, 9.17) is 21.1 Å². The van der Waals surface area contributed by atoms with Crippen molar-refractivity contribution in [3.63, 3.8) is 0 Å². The molecule has 0 aromatic heterocycles. The summed E-state index contributed by atoms with van der Waals surface area (Å²) < 4.78 is 11.0. The first kappa shape index (κ1) is 24.9. The zero-order valence-corrected chi connectivity index (χ0v) is 19.3. The lowest BCUT2D eigenvalue weighted by Crippen LogP contribution is -2.42. The van der Waals surface area contributed by atoms with Gasteiger partial charge in [0, 0.05) is 56.4 Å². The van der Waals surface area contributed by atoms with Crippen molar-refractivity contribution < 1.29 is 14.3 Å². The van der Waals surface area contributed by atoms with Crippen LogP contribution in [0.4, 0.5) is 0 Å². The van der Waals surface area contributed by atoms with Crippen molar-refractivity contribution in [2.45, 2.75) is 12.8 Å². The molecule has 1 fully saturated rings. The van der Waals surface area contributed by atoms with E-state index in [0.717, 1.165) is 45.8 Å². The predicted octanol–water partition coefficient (Wildman–Crippen LogP) is 2.30. The maximum atomic E-state index is 12.0. The van der Waals surface area contributed by atoms with Crippen LogP contribution in [0.3, 0.4) is 0 Å². The van der Waals surface area contributed by atoms with Crippen LogP contribution in [0.1, 0.15) is 23.2 Å². The van der Waals surface area contributed by atoms with Crippen LogP contribution in [0, 0.1) is 5.92 Å². The van der Waals surface area contributed by atoms with Crippen LogP contribution in [0.15, 0.2) is 29.3 Å². The summed E-state index contributed by atoms with van der Waals surface area (Å²) in [5, 5.41) is 9.86. The third-order valence-corrected chi connectivity index (χ3v) is 4.42. The van der Waals surface area contributed by atoms with Crippen LogP contribution >= 0.6 is 35.6 Å². The van der Waals surface area contributed by atoms with Gasteiger partial charge in [-0.05, 0) is 37.1 Å². The van der Waals surface area contributed by atoms with Crippen molar-refractivity contribution in [2.24, 2.45) is 10.9 Å². The average Bonchev–Trinajstić information content (AvgIpc) is 3.20. The molecule has 1 saturated heterocycles. The molecular weight excluding hydrogens is 495 g/mol. The van der Waals surface area contributed by atoms with Crippen LogP contribution in [0.5, 0.6) is 0 Å². The monoisotopic (exact) mass is 524 g/mol. The Morgan fingerprint density at radius 3 is 2.61 bits per heavy atom. The van der Waals surface area contributed by atoms with Crippen LogP contribution in [-0.2, 0) is 9.47 Å². The largest absolute Gasteiger partial charge is 0.381 e. The molecule has 0 spiro atoms. The van der Waals surface area contributed by atoms with Gasteiger partial charge in [0.25, 0.3) is 5.91 Å². The molecular formula is C19H30ClIN4O3. The van der Waals surface area contributed by atoms with Gasteiger partial charge >= 0.3 is 0 Å². The highest BCUT2D eigenvalue weighted by molar-refractivity contribution is 14.0. The Morgan fingerprint density at radius 1 is 1.21 bits per heavy atom. The second-order valence-electron chi connectivity index (χ2n) is 6.35. The number of carbonyl (C=O) groups excluding carboxylic acids is 1. The van der Waals surface area contributed by atoms with Crippen molar-refractivity contribution in [3.05, 3.63) is 34.9 Å². The van der Waals surface area contributed by atoms with Crippen molar-refractivity contribution in [1.82, 2.24) is 16.0 Å². The highest BCUT2D eigenvalue weighted by Gasteiger charge is 2.15. The Kier molecular flexibility index (Phi) is 13.2. The number of aliphatic imine (C=N–C) groups is 1. The molecule has 1 atom stereocenters. The third kappa shape index (κ3) is 9.90.